The van der Waals surface area contributed by atoms with Crippen LogP contribution >= 0.6 is 0 Å². The van der Waals surface area contributed by atoms with Crippen LogP contribution in [-0.4, -0.2) is 11.8 Å². The van der Waals surface area contributed by atoms with Crippen molar-refractivity contribution in [3.8, 4) is 0 Å². The summed E-state index contributed by atoms with van der Waals surface area (Å²) in [6.07, 6.45) is 4.06. The number of hydrogen-bond acceptors (Lipinski definition) is 5. The highest BCUT2D eigenvalue weighted by molar-refractivity contribution is 6.09. The molecule has 7 nitrogen and oxygen atoms in total. The Bertz CT molecular complexity index is 1440. The first-order chi connectivity index (χ1) is 17.6. The molecule has 2 aromatic carbocycles. The van der Waals surface area contributed by atoms with Crippen molar-refractivity contribution in [2.24, 2.45) is 0 Å². The summed E-state index contributed by atoms with van der Waals surface area (Å²) in [5, 5.41) is 6.50. The van der Waals surface area contributed by atoms with Gasteiger partial charge < -0.3 is 19.5 Å². The first kappa shape index (κ1) is 22.0. The van der Waals surface area contributed by atoms with E-state index in [0.29, 0.717) is 29.1 Å². The number of anilines is 3. The van der Waals surface area contributed by atoms with Crippen LogP contribution in [0.4, 0.5) is 21.9 Å². The van der Waals surface area contributed by atoms with E-state index < -0.39 is 6.04 Å². The molecule has 36 heavy (non-hydrogen) atoms. The Morgan fingerprint density at radius 3 is 2.36 bits per heavy atom. The summed E-state index contributed by atoms with van der Waals surface area (Å²) in [4.78, 5) is 29.3. The number of rotatable bonds is 3. The van der Waals surface area contributed by atoms with Gasteiger partial charge in [-0.15, -0.1) is 0 Å². The number of urea groups is 1. The first-order valence-electron chi connectivity index (χ1n) is 11.9. The van der Waals surface area contributed by atoms with Gasteiger partial charge in [-0.1, -0.05) is 29.8 Å². The molecule has 2 aliphatic rings. The molecule has 1 aliphatic carbocycles. The number of nitrogens with zero attached hydrogens (tertiary/aromatic N) is 1. The molecule has 0 spiro atoms. The van der Waals surface area contributed by atoms with Crippen LogP contribution in [0.25, 0.3) is 0 Å². The molecule has 0 saturated carbocycles. The minimum Gasteiger partial charge on any atom is -0.469 e. The Morgan fingerprint density at radius 2 is 1.64 bits per heavy atom. The molecule has 180 valence electrons. The Morgan fingerprint density at radius 1 is 0.917 bits per heavy atom. The highest BCUT2D eigenvalue weighted by Gasteiger charge is 2.43. The number of aryl methyl sites for hydroxylation is 1. The van der Waals surface area contributed by atoms with Crippen LogP contribution < -0.4 is 15.5 Å². The fourth-order valence-corrected chi connectivity index (χ4v) is 5.07. The van der Waals surface area contributed by atoms with Crippen LogP contribution in [-0.2, 0) is 4.79 Å². The number of hydrogen-bond donors (Lipinski definition) is 2. The summed E-state index contributed by atoms with van der Waals surface area (Å²) in [5.74, 6) is 1.16. The molecule has 2 atom stereocenters. The van der Waals surface area contributed by atoms with Crippen molar-refractivity contribution in [1.29, 1.82) is 0 Å². The van der Waals surface area contributed by atoms with Gasteiger partial charge in [0.15, 0.2) is 5.78 Å². The molecule has 0 radical (unpaired) electrons. The van der Waals surface area contributed by atoms with Gasteiger partial charge in [0.05, 0.1) is 23.9 Å². The van der Waals surface area contributed by atoms with Crippen molar-refractivity contribution in [3.05, 3.63) is 114 Å². The third-order valence-corrected chi connectivity index (χ3v) is 6.77. The third kappa shape index (κ3) is 3.88. The quantitative estimate of drug-likeness (QED) is 0.338. The van der Waals surface area contributed by atoms with Gasteiger partial charge in [-0.05, 0) is 61.9 Å². The third-order valence-electron chi connectivity index (χ3n) is 6.77. The number of carbonyl (C=O) groups is 2. The number of amides is 2. The zero-order valence-corrected chi connectivity index (χ0v) is 19.7. The van der Waals surface area contributed by atoms with E-state index in [4.69, 9.17) is 8.83 Å². The second-order valence-electron chi connectivity index (χ2n) is 9.16. The summed E-state index contributed by atoms with van der Waals surface area (Å²) >= 11 is 0. The highest BCUT2D eigenvalue weighted by Crippen LogP contribution is 2.47. The van der Waals surface area contributed by atoms with E-state index in [-0.39, 0.29) is 24.2 Å². The van der Waals surface area contributed by atoms with Crippen LogP contribution in [0, 0.1) is 6.92 Å². The van der Waals surface area contributed by atoms with Crippen molar-refractivity contribution in [2.45, 2.75) is 31.7 Å². The molecule has 3 heterocycles. The van der Waals surface area contributed by atoms with Crippen molar-refractivity contribution in [3.63, 3.8) is 0 Å². The SMILES string of the molecule is Cc1ccc(NC(=O)N2c3ccccc3NC3=C(C(=O)CC(c4ccco4)C3)C2c2ccco2)cc1. The van der Waals surface area contributed by atoms with Crippen LogP contribution in [0.1, 0.15) is 41.9 Å². The Labute approximate surface area is 208 Å². The highest BCUT2D eigenvalue weighted by atomic mass is 16.3. The molecule has 6 rings (SSSR count). The van der Waals surface area contributed by atoms with Crippen molar-refractivity contribution >= 4 is 28.9 Å². The lowest BCUT2D eigenvalue weighted by atomic mass is 9.81. The predicted octanol–water partition coefficient (Wildman–Crippen LogP) is 6.79. The summed E-state index contributed by atoms with van der Waals surface area (Å²) in [6, 6.07) is 21.4. The summed E-state index contributed by atoms with van der Waals surface area (Å²) in [5.41, 5.74) is 4.46. The molecule has 0 saturated heterocycles. The zero-order chi connectivity index (χ0) is 24.6. The zero-order valence-electron chi connectivity index (χ0n) is 19.7. The summed E-state index contributed by atoms with van der Waals surface area (Å²) < 4.78 is 11.5. The van der Waals surface area contributed by atoms with E-state index in [1.54, 1.807) is 29.6 Å². The van der Waals surface area contributed by atoms with E-state index >= 15 is 0 Å². The molecule has 7 heteroatoms. The minimum atomic E-state index is -0.735. The molecule has 4 aromatic rings. The second kappa shape index (κ2) is 8.92. The number of allylic oxidation sites excluding steroid dienone is 1. The van der Waals surface area contributed by atoms with Gasteiger partial charge in [-0.2, -0.15) is 0 Å². The molecule has 2 amide bonds. The van der Waals surface area contributed by atoms with Crippen LogP contribution in [0.2, 0.25) is 0 Å². The molecule has 0 bridgehead atoms. The number of carbonyl (C=O) groups excluding carboxylic acids is 2. The molecule has 1 aliphatic heterocycles. The normalized spacial score (nSPS) is 19.2. The molecule has 2 unspecified atom stereocenters. The van der Waals surface area contributed by atoms with Gasteiger partial charge in [0, 0.05) is 29.3 Å². The number of benzene rings is 2. The topological polar surface area (TPSA) is 87.7 Å². The maximum absolute atomic E-state index is 13.9. The number of fused-ring (bicyclic) bond motifs is 1. The lowest BCUT2D eigenvalue weighted by Crippen LogP contribution is -2.40. The average Bonchev–Trinajstić information content (AvgIpc) is 3.58. The smallest absolute Gasteiger partial charge is 0.327 e. The maximum Gasteiger partial charge on any atom is 0.327 e. The Balaban J connectivity index is 1.49. The van der Waals surface area contributed by atoms with Crippen LogP contribution in [0.5, 0.6) is 0 Å². The fraction of sp³-hybridized carbons (Fsp3) is 0.172. The van der Waals surface area contributed by atoms with Gasteiger partial charge in [-0.3, -0.25) is 9.69 Å². The number of Topliss-reactive ketones (excluding diaryl/α,β-unsaturated/α-hetero) is 1. The number of furan rings is 2. The van der Waals surface area contributed by atoms with E-state index in [0.717, 1.165) is 22.7 Å². The maximum atomic E-state index is 13.9. The van der Waals surface area contributed by atoms with Crippen LogP contribution in [0.15, 0.2) is 105 Å². The molecular formula is C29H25N3O4. The predicted molar refractivity (Wildman–Crippen MR) is 137 cm³/mol. The van der Waals surface area contributed by atoms with Gasteiger partial charge in [0.1, 0.15) is 17.6 Å². The lowest BCUT2D eigenvalue weighted by molar-refractivity contribution is -0.116. The Kier molecular flexibility index (Phi) is 5.45. The monoisotopic (exact) mass is 479 g/mol. The van der Waals surface area contributed by atoms with E-state index in [2.05, 4.69) is 10.6 Å². The van der Waals surface area contributed by atoms with Crippen LogP contribution in [0.3, 0.4) is 0 Å². The Hall–Kier alpha value is -4.52. The van der Waals surface area contributed by atoms with E-state index in [1.165, 1.54) is 0 Å². The number of nitrogens with one attached hydrogen (secondary N) is 2. The van der Waals surface area contributed by atoms with Crippen molar-refractivity contribution in [1.82, 2.24) is 0 Å². The molecule has 2 aromatic heterocycles. The second-order valence-corrected chi connectivity index (χ2v) is 9.16. The number of ketones is 1. The molecule has 2 N–H and O–H groups in total. The first-order valence-corrected chi connectivity index (χ1v) is 11.9. The van der Waals surface area contributed by atoms with Gasteiger partial charge in [0.2, 0.25) is 0 Å². The van der Waals surface area contributed by atoms with Crippen molar-refractivity contribution < 1.29 is 18.4 Å². The van der Waals surface area contributed by atoms with Gasteiger partial charge in [0.25, 0.3) is 0 Å². The fourth-order valence-electron chi connectivity index (χ4n) is 5.07. The summed E-state index contributed by atoms with van der Waals surface area (Å²) in [7, 11) is 0. The van der Waals surface area contributed by atoms with Gasteiger partial charge >= 0.3 is 6.03 Å². The molecular weight excluding hydrogens is 454 g/mol. The lowest BCUT2D eigenvalue weighted by Gasteiger charge is -2.33. The average molecular weight is 480 g/mol. The standard InChI is InChI=1S/C29H25N3O4/c1-18-10-12-20(13-11-18)30-29(34)32-23-7-3-2-6-21(23)31-22-16-19(25-8-4-14-35-25)17-24(33)27(22)28(32)26-9-5-15-36-26/h2-15,19,28,31H,16-17H2,1H3,(H,30,34). The summed E-state index contributed by atoms with van der Waals surface area (Å²) in [6.45, 7) is 1.99. The van der Waals surface area contributed by atoms with Gasteiger partial charge in [-0.25, -0.2) is 4.79 Å². The largest absolute Gasteiger partial charge is 0.469 e. The number of para-hydroxylation sites is 2. The minimum absolute atomic E-state index is 0.0486. The van der Waals surface area contributed by atoms with E-state index in [1.807, 2.05) is 67.6 Å². The van der Waals surface area contributed by atoms with Crippen molar-refractivity contribution in [2.75, 3.05) is 15.5 Å². The van der Waals surface area contributed by atoms with E-state index in [9.17, 15) is 9.59 Å². The molecule has 0 fully saturated rings.